The van der Waals surface area contributed by atoms with Gasteiger partial charge in [0.15, 0.2) is 15.6 Å². The van der Waals surface area contributed by atoms with Gasteiger partial charge in [-0.05, 0) is 49.2 Å². The van der Waals surface area contributed by atoms with Crippen LogP contribution in [0.3, 0.4) is 0 Å². The van der Waals surface area contributed by atoms with Crippen LogP contribution in [0.4, 0.5) is 0 Å². The zero-order valence-electron chi connectivity index (χ0n) is 15.3. The normalized spacial score (nSPS) is 12.5. The van der Waals surface area contributed by atoms with Crippen LogP contribution in [-0.2, 0) is 22.0 Å². The Balaban J connectivity index is 1.68. The van der Waals surface area contributed by atoms with E-state index in [1.54, 1.807) is 18.2 Å². The van der Waals surface area contributed by atoms with Crippen LogP contribution in [0.15, 0.2) is 80.7 Å². The number of carbonyl (C=O) groups excluding carboxylic acids is 1. The summed E-state index contributed by atoms with van der Waals surface area (Å²) in [6.07, 6.45) is 1.99. The van der Waals surface area contributed by atoms with Gasteiger partial charge in [-0.25, -0.2) is 8.42 Å². The van der Waals surface area contributed by atoms with Gasteiger partial charge in [-0.2, -0.15) is 0 Å². The lowest BCUT2D eigenvalue weighted by Crippen LogP contribution is -2.34. The first-order valence-electron chi connectivity index (χ1n) is 8.74. The number of sulfone groups is 1. The molecule has 0 fully saturated rings. The molecule has 146 valence electrons. The van der Waals surface area contributed by atoms with Crippen LogP contribution in [0.25, 0.3) is 0 Å². The SMILES string of the molecule is CC(Cc1ccc(Br)cc1)NC(=O)c1occc1CS(=O)(=O)c1ccccc1. The third-order valence-corrected chi connectivity index (χ3v) is 6.44. The predicted molar refractivity (Wildman–Crippen MR) is 111 cm³/mol. The predicted octanol–water partition coefficient (Wildman–Crippen LogP) is 4.38. The van der Waals surface area contributed by atoms with Crippen LogP contribution in [0.5, 0.6) is 0 Å². The summed E-state index contributed by atoms with van der Waals surface area (Å²) in [6, 6.07) is 17.4. The Bertz CT molecular complexity index is 1040. The van der Waals surface area contributed by atoms with E-state index >= 15 is 0 Å². The molecule has 1 unspecified atom stereocenters. The molecule has 0 radical (unpaired) electrons. The van der Waals surface area contributed by atoms with Gasteiger partial charge in [-0.1, -0.05) is 46.3 Å². The van der Waals surface area contributed by atoms with Gasteiger partial charge >= 0.3 is 0 Å². The Kier molecular flexibility index (Phi) is 6.36. The van der Waals surface area contributed by atoms with Crippen LogP contribution in [0.2, 0.25) is 0 Å². The molecule has 0 saturated heterocycles. The molecule has 0 aliphatic carbocycles. The molecule has 1 atom stereocenters. The average molecular weight is 462 g/mol. The summed E-state index contributed by atoms with van der Waals surface area (Å²) in [5.41, 5.74) is 1.43. The second kappa shape index (κ2) is 8.75. The molecule has 1 aromatic heterocycles. The van der Waals surface area contributed by atoms with Crippen molar-refractivity contribution in [3.8, 4) is 0 Å². The second-order valence-electron chi connectivity index (χ2n) is 6.55. The van der Waals surface area contributed by atoms with Crippen molar-refractivity contribution in [3.05, 3.63) is 88.3 Å². The Morgan fingerprint density at radius 1 is 1.07 bits per heavy atom. The van der Waals surface area contributed by atoms with E-state index in [-0.39, 0.29) is 22.5 Å². The molecule has 3 rings (SSSR count). The van der Waals surface area contributed by atoms with Crippen LogP contribution in [-0.4, -0.2) is 20.4 Å². The first kappa shape index (κ1) is 20.4. The van der Waals surface area contributed by atoms with Crippen molar-refractivity contribution in [2.45, 2.75) is 30.0 Å². The number of carbonyl (C=O) groups is 1. The van der Waals surface area contributed by atoms with E-state index in [4.69, 9.17) is 4.42 Å². The van der Waals surface area contributed by atoms with E-state index < -0.39 is 15.7 Å². The summed E-state index contributed by atoms with van der Waals surface area (Å²) in [7, 11) is -3.56. The van der Waals surface area contributed by atoms with Gasteiger partial charge in [0, 0.05) is 16.1 Å². The lowest BCUT2D eigenvalue weighted by atomic mass is 10.1. The molecule has 2 aromatic carbocycles. The first-order valence-corrected chi connectivity index (χ1v) is 11.2. The maximum Gasteiger partial charge on any atom is 0.287 e. The molecule has 3 aromatic rings. The third-order valence-electron chi connectivity index (χ3n) is 4.23. The van der Waals surface area contributed by atoms with Gasteiger partial charge in [-0.15, -0.1) is 0 Å². The van der Waals surface area contributed by atoms with E-state index in [0.717, 1.165) is 10.0 Å². The fourth-order valence-corrected chi connectivity index (χ4v) is 4.52. The number of halogens is 1. The third kappa shape index (κ3) is 5.11. The van der Waals surface area contributed by atoms with Gasteiger partial charge in [-0.3, -0.25) is 4.79 Å². The zero-order chi connectivity index (χ0) is 20.1. The molecule has 0 aliphatic rings. The molecule has 0 spiro atoms. The van der Waals surface area contributed by atoms with Gasteiger partial charge in [0.05, 0.1) is 16.9 Å². The summed E-state index contributed by atoms with van der Waals surface area (Å²) in [5.74, 6) is -0.688. The van der Waals surface area contributed by atoms with Crippen molar-refractivity contribution >= 4 is 31.7 Å². The number of hydrogen-bond acceptors (Lipinski definition) is 4. The molecule has 1 heterocycles. The second-order valence-corrected chi connectivity index (χ2v) is 9.46. The van der Waals surface area contributed by atoms with Gasteiger partial charge in [0.25, 0.3) is 5.91 Å². The van der Waals surface area contributed by atoms with Crippen molar-refractivity contribution in [2.75, 3.05) is 0 Å². The molecule has 0 aliphatic heterocycles. The van der Waals surface area contributed by atoms with E-state index in [1.807, 2.05) is 31.2 Å². The lowest BCUT2D eigenvalue weighted by molar-refractivity contribution is 0.0911. The minimum Gasteiger partial charge on any atom is -0.459 e. The number of benzene rings is 2. The molecule has 5 nitrogen and oxygen atoms in total. The minimum absolute atomic E-state index is 0.0298. The molecular weight excluding hydrogens is 442 g/mol. The first-order chi connectivity index (χ1) is 13.3. The smallest absolute Gasteiger partial charge is 0.287 e. The summed E-state index contributed by atoms with van der Waals surface area (Å²) in [5, 5.41) is 2.87. The fraction of sp³-hybridized carbons (Fsp3) is 0.190. The molecule has 0 saturated carbocycles. The van der Waals surface area contributed by atoms with E-state index in [9.17, 15) is 13.2 Å². The van der Waals surface area contributed by atoms with Crippen molar-refractivity contribution < 1.29 is 17.6 Å². The Morgan fingerprint density at radius 2 is 1.75 bits per heavy atom. The van der Waals surface area contributed by atoms with Crippen LogP contribution in [0.1, 0.15) is 28.6 Å². The monoisotopic (exact) mass is 461 g/mol. The number of furan rings is 1. The maximum absolute atomic E-state index is 12.6. The topological polar surface area (TPSA) is 76.4 Å². The van der Waals surface area contributed by atoms with Gasteiger partial charge in [0.2, 0.25) is 0 Å². The highest BCUT2D eigenvalue weighted by molar-refractivity contribution is 9.10. The van der Waals surface area contributed by atoms with Crippen LogP contribution < -0.4 is 5.32 Å². The van der Waals surface area contributed by atoms with Crippen molar-refractivity contribution in [2.24, 2.45) is 0 Å². The van der Waals surface area contributed by atoms with Gasteiger partial charge in [0.1, 0.15) is 0 Å². The highest BCUT2D eigenvalue weighted by Gasteiger charge is 2.23. The Morgan fingerprint density at radius 3 is 2.43 bits per heavy atom. The summed E-state index contributed by atoms with van der Waals surface area (Å²) >= 11 is 3.40. The quantitative estimate of drug-likeness (QED) is 0.566. The van der Waals surface area contributed by atoms with Gasteiger partial charge < -0.3 is 9.73 Å². The largest absolute Gasteiger partial charge is 0.459 e. The van der Waals surface area contributed by atoms with Crippen LogP contribution in [0, 0.1) is 0 Å². The number of amides is 1. The molecule has 28 heavy (non-hydrogen) atoms. The standard InChI is InChI=1S/C21H20BrNO4S/c1-15(13-16-7-9-18(22)10-8-16)23-21(24)20-17(11-12-27-20)14-28(25,26)19-5-3-2-4-6-19/h2-12,15H,13-14H2,1H3,(H,23,24). The average Bonchev–Trinajstić information content (AvgIpc) is 3.12. The van der Waals surface area contributed by atoms with E-state index in [1.165, 1.54) is 24.5 Å². The van der Waals surface area contributed by atoms with E-state index in [0.29, 0.717) is 12.0 Å². The minimum atomic E-state index is -3.56. The highest BCUT2D eigenvalue weighted by atomic mass is 79.9. The zero-order valence-corrected chi connectivity index (χ0v) is 17.7. The number of hydrogen-bond donors (Lipinski definition) is 1. The van der Waals surface area contributed by atoms with Crippen molar-refractivity contribution in [1.29, 1.82) is 0 Å². The molecule has 1 amide bonds. The molecule has 1 N–H and O–H groups in total. The fourth-order valence-electron chi connectivity index (χ4n) is 2.88. The molecule has 0 bridgehead atoms. The van der Waals surface area contributed by atoms with Crippen molar-refractivity contribution in [3.63, 3.8) is 0 Å². The van der Waals surface area contributed by atoms with Crippen LogP contribution >= 0.6 is 15.9 Å². The Hall–Kier alpha value is -2.38. The summed E-state index contributed by atoms with van der Waals surface area (Å²) in [4.78, 5) is 12.8. The summed E-state index contributed by atoms with van der Waals surface area (Å²) in [6.45, 7) is 1.89. The summed E-state index contributed by atoms with van der Waals surface area (Å²) < 4.78 is 31.5. The Labute approximate surface area is 172 Å². The maximum atomic E-state index is 12.6. The van der Waals surface area contributed by atoms with Crippen molar-refractivity contribution in [1.82, 2.24) is 5.32 Å². The number of nitrogens with one attached hydrogen (secondary N) is 1. The highest BCUT2D eigenvalue weighted by Crippen LogP contribution is 2.20. The van der Waals surface area contributed by atoms with E-state index in [2.05, 4.69) is 21.2 Å². The molecule has 7 heteroatoms. The lowest BCUT2D eigenvalue weighted by Gasteiger charge is -2.14. The molecular formula is C21H20BrNO4S. The number of rotatable bonds is 7.